The van der Waals surface area contributed by atoms with Crippen molar-refractivity contribution in [2.75, 3.05) is 24.5 Å². The molecule has 0 aliphatic heterocycles. The number of ether oxygens (including phenoxy) is 2. The van der Waals surface area contributed by atoms with Crippen LogP contribution in [0, 0.1) is 6.92 Å². The highest BCUT2D eigenvalue weighted by Crippen LogP contribution is 2.26. The molecule has 0 bridgehead atoms. The second-order valence-corrected chi connectivity index (χ2v) is 8.93. The maximum absolute atomic E-state index is 13.1. The minimum absolute atomic E-state index is 0.0644. The zero-order valence-corrected chi connectivity index (χ0v) is 19.4. The third-order valence-corrected chi connectivity index (χ3v) is 6.45. The number of esters is 1. The van der Waals surface area contributed by atoms with Crippen LogP contribution in [0.15, 0.2) is 60.0 Å². The zero-order chi connectivity index (χ0) is 23.9. The fourth-order valence-corrected chi connectivity index (χ4v) is 4.01. The van der Waals surface area contributed by atoms with E-state index >= 15 is 0 Å². The number of hydrogen-bond donors (Lipinski definition) is 1. The molecule has 8 nitrogen and oxygen atoms in total. The van der Waals surface area contributed by atoms with Crippen LogP contribution in [0.4, 0.5) is 5.69 Å². The van der Waals surface area contributed by atoms with Gasteiger partial charge in [-0.25, -0.2) is 13.2 Å². The topological polar surface area (TPSA) is 102 Å². The highest BCUT2D eigenvalue weighted by atomic mass is 32.2. The predicted molar refractivity (Wildman–Crippen MR) is 122 cm³/mol. The lowest BCUT2D eigenvalue weighted by atomic mass is 10.1. The Morgan fingerprint density at radius 3 is 2.44 bits per heavy atom. The molecule has 2 aromatic carbocycles. The van der Waals surface area contributed by atoms with Gasteiger partial charge in [0.2, 0.25) is 0 Å². The second kappa shape index (κ2) is 10.8. The first-order valence-corrected chi connectivity index (χ1v) is 11.5. The molecule has 0 spiro atoms. The molecule has 0 aliphatic rings. The zero-order valence-electron chi connectivity index (χ0n) is 18.6. The maximum Gasteiger partial charge on any atom is 0.339 e. The molecular formula is C23H28N2O6S. The van der Waals surface area contributed by atoms with Gasteiger partial charge in [0.1, 0.15) is 5.75 Å². The molecule has 0 aromatic heterocycles. The summed E-state index contributed by atoms with van der Waals surface area (Å²) in [6.45, 7) is 9.20. The van der Waals surface area contributed by atoms with E-state index in [1.807, 2.05) is 6.92 Å². The first-order valence-electron chi connectivity index (χ1n) is 10.0. The van der Waals surface area contributed by atoms with Crippen LogP contribution < -0.4 is 14.4 Å². The van der Waals surface area contributed by atoms with Gasteiger partial charge in [-0.05, 0) is 62.7 Å². The van der Waals surface area contributed by atoms with Crippen molar-refractivity contribution in [2.24, 2.45) is 0 Å². The van der Waals surface area contributed by atoms with Gasteiger partial charge in [-0.1, -0.05) is 12.1 Å². The van der Waals surface area contributed by atoms with Gasteiger partial charge in [-0.3, -0.25) is 9.10 Å². The van der Waals surface area contributed by atoms with Gasteiger partial charge in [-0.15, -0.1) is 6.58 Å². The summed E-state index contributed by atoms with van der Waals surface area (Å²) in [5.74, 6) is -0.631. The third-order valence-electron chi connectivity index (χ3n) is 4.67. The van der Waals surface area contributed by atoms with E-state index in [4.69, 9.17) is 9.47 Å². The Hall–Kier alpha value is -3.33. The summed E-state index contributed by atoms with van der Waals surface area (Å²) in [4.78, 5) is 24.5. The van der Waals surface area contributed by atoms with Crippen LogP contribution in [-0.4, -0.2) is 46.6 Å². The van der Waals surface area contributed by atoms with Crippen molar-refractivity contribution in [2.45, 2.75) is 31.8 Å². The number of nitrogens with zero attached hydrogens (tertiary/aromatic N) is 1. The Bertz CT molecular complexity index is 1080. The molecule has 0 heterocycles. The normalized spacial score (nSPS) is 11.9. The maximum atomic E-state index is 13.1. The summed E-state index contributed by atoms with van der Waals surface area (Å²) < 4.78 is 38.0. The molecule has 1 unspecified atom stereocenters. The van der Waals surface area contributed by atoms with Gasteiger partial charge in [0.25, 0.3) is 15.9 Å². The summed E-state index contributed by atoms with van der Waals surface area (Å²) in [5.41, 5.74) is 1.02. The molecule has 0 radical (unpaired) electrons. The minimum atomic E-state index is -3.95. The number of carbonyl (C=O) groups is 2. The van der Waals surface area contributed by atoms with E-state index in [1.165, 1.54) is 38.2 Å². The number of sulfonamides is 1. The van der Waals surface area contributed by atoms with Crippen molar-refractivity contribution in [1.29, 1.82) is 0 Å². The van der Waals surface area contributed by atoms with E-state index in [9.17, 15) is 18.0 Å². The number of hydrogen-bond acceptors (Lipinski definition) is 6. The molecule has 1 atom stereocenters. The standard InChI is InChI=1S/C23H28N2O6S/c1-6-14-24-22(26)17(4)31-23(27)21-15-20(13-8-16(21)3)32(28,29)25(5)18-9-11-19(12-10-18)30-7-2/h6,8-13,15,17H,1,7,14H2,2-5H3,(H,24,26). The average molecular weight is 461 g/mol. The first kappa shape index (κ1) is 24.9. The van der Waals surface area contributed by atoms with E-state index in [1.54, 1.807) is 31.2 Å². The Balaban J connectivity index is 2.26. The molecule has 9 heteroatoms. The van der Waals surface area contributed by atoms with Crippen molar-refractivity contribution in [3.05, 3.63) is 66.2 Å². The van der Waals surface area contributed by atoms with E-state index in [-0.39, 0.29) is 17.0 Å². The first-order chi connectivity index (χ1) is 15.1. The van der Waals surface area contributed by atoms with Crippen molar-refractivity contribution in [3.63, 3.8) is 0 Å². The van der Waals surface area contributed by atoms with Crippen molar-refractivity contribution >= 4 is 27.6 Å². The highest BCUT2D eigenvalue weighted by molar-refractivity contribution is 7.92. The summed E-state index contributed by atoms with van der Waals surface area (Å²) in [6, 6.07) is 10.8. The van der Waals surface area contributed by atoms with Crippen LogP contribution in [0.25, 0.3) is 0 Å². The number of anilines is 1. The van der Waals surface area contributed by atoms with Crippen LogP contribution >= 0.6 is 0 Å². The lowest BCUT2D eigenvalue weighted by Gasteiger charge is -2.21. The number of rotatable bonds is 10. The average Bonchev–Trinajstić information content (AvgIpc) is 2.77. The van der Waals surface area contributed by atoms with Gasteiger partial charge in [0.05, 0.1) is 22.8 Å². The van der Waals surface area contributed by atoms with Gasteiger partial charge in [-0.2, -0.15) is 0 Å². The largest absolute Gasteiger partial charge is 0.494 e. The number of nitrogens with one attached hydrogen (secondary N) is 1. The lowest BCUT2D eigenvalue weighted by Crippen LogP contribution is -2.36. The number of amides is 1. The Labute approximate surface area is 188 Å². The fraction of sp³-hybridized carbons (Fsp3) is 0.304. The van der Waals surface area contributed by atoms with Crippen molar-refractivity contribution < 1.29 is 27.5 Å². The molecule has 172 valence electrons. The SMILES string of the molecule is C=CCNC(=O)C(C)OC(=O)c1cc(S(=O)(=O)N(C)c2ccc(OCC)cc2)ccc1C. The van der Waals surface area contributed by atoms with E-state index < -0.39 is 28.0 Å². The summed E-state index contributed by atoms with van der Waals surface area (Å²) in [6.07, 6.45) is 0.458. The van der Waals surface area contributed by atoms with E-state index in [0.717, 1.165) is 4.31 Å². The Kier molecular flexibility index (Phi) is 8.42. The molecule has 32 heavy (non-hydrogen) atoms. The van der Waals surface area contributed by atoms with E-state index in [0.29, 0.717) is 23.6 Å². The number of benzene rings is 2. The molecule has 0 aliphatic carbocycles. The minimum Gasteiger partial charge on any atom is -0.494 e. The van der Waals surface area contributed by atoms with E-state index in [2.05, 4.69) is 11.9 Å². The molecule has 1 N–H and O–H groups in total. The number of aryl methyl sites for hydroxylation is 1. The van der Waals surface area contributed by atoms with Gasteiger partial charge in [0, 0.05) is 13.6 Å². The second-order valence-electron chi connectivity index (χ2n) is 6.96. The summed E-state index contributed by atoms with van der Waals surface area (Å²) in [5, 5.41) is 2.54. The Morgan fingerprint density at radius 2 is 1.84 bits per heavy atom. The lowest BCUT2D eigenvalue weighted by molar-refractivity contribution is -0.128. The van der Waals surface area contributed by atoms with Gasteiger partial charge in [0.15, 0.2) is 6.10 Å². The molecule has 0 saturated carbocycles. The third kappa shape index (κ3) is 5.88. The predicted octanol–water partition coefficient (Wildman–Crippen LogP) is 3.07. The molecule has 0 fully saturated rings. The van der Waals surface area contributed by atoms with Crippen LogP contribution in [-0.2, 0) is 19.6 Å². The monoisotopic (exact) mass is 460 g/mol. The highest BCUT2D eigenvalue weighted by Gasteiger charge is 2.25. The summed E-state index contributed by atoms with van der Waals surface area (Å²) in [7, 11) is -2.53. The fourth-order valence-electron chi connectivity index (χ4n) is 2.79. The quantitative estimate of drug-likeness (QED) is 0.432. The van der Waals surface area contributed by atoms with Gasteiger partial charge >= 0.3 is 5.97 Å². The number of carbonyl (C=O) groups excluding carboxylic acids is 2. The van der Waals surface area contributed by atoms with Crippen LogP contribution in [0.3, 0.4) is 0 Å². The van der Waals surface area contributed by atoms with Crippen molar-refractivity contribution in [3.8, 4) is 5.75 Å². The summed E-state index contributed by atoms with van der Waals surface area (Å²) >= 11 is 0. The molecule has 2 aromatic rings. The van der Waals surface area contributed by atoms with Crippen LogP contribution in [0.1, 0.15) is 29.8 Å². The molecule has 0 saturated heterocycles. The van der Waals surface area contributed by atoms with Crippen LogP contribution in [0.5, 0.6) is 5.75 Å². The van der Waals surface area contributed by atoms with Gasteiger partial charge < -0.3 is 14.8 Å². The van der Waals surface area contributed by atoms with Crippen LogP contribution in [0.2, 0.25) is 0 Å². The van der Waals surface area contributed by atoms with Crippen molar-refractivity contribution in [1.82, 2.24) is 5.32 Å². The molecular weight excluding hydrogens is 432 g/mol. The molecule has 2 rings (SSSR count). The molecule has 1 amide bonds. The Morgan fingerprint density at radius 1 is 1.19 bits per heavy atom. The smallest absolute Gasteiger partial charge is 0.339 e.